The molecule has 2 heteroatoms. The highest BCUT2D eigenvalue weighted by Gasteiger charge is 2.17. The van der Waals surface area contributed by atoms with Crippen LogP contribution in [-0.2, 0) is 12.8 Å². The highest BCUT2D eigenvalue weighted by atomic mass is 35.5. The van der Waals surface area contributed by atoms with Gasteiger partial charge in [-0.1, -0.05) is 55.8 Å². The molecule has 2 aromatic rings. The molecule has 2 aromatic carbocycles. The Labute approximate surface area is 131 Å². The zero-order valence-corrected chi connectivity index (χ0v) is 13.7. The molecular formula is C18H20Cl2. The molecule has 0 saturated heterocycles. The molecule has 0 nitrogen and oxygen atoms in total. The summed E-state index contributed by atoms with van der Waals surface area (Å²) in [6, 6.07) is 12.7. The van der Waals surface area contributed by atoms with Gasteiger partial charge in [-0.05, 0) is 53.6 Å². The summed E-state index contributed by atoms with van der Waals surface area (Å²) in [5.41, 5.74) is 5.92. The first-order valence-electron chi connectivity index (χ1n) is 7.08. The van der Waals surface area contributed by atoms with Crippen molar-refractivity contribution in [2.45, 2.75) is 39.0 Å². The molecule has 0 amide bonds. The third kappa shape index (κ3) is 3.19. The normalized spacial score (nSPS) is 12.4. The minimum atomic E-state index is -0.190. The second-order valence-corrected chi connectivity index (χ2v) is 5.97. The second kappa shape index (κ2) is 6.65. The molecule has 20 heavy (non-hydrogen) atoms. The summed E-state index contributed by atoms with van der Waals surface area (Å²) in [6.07, 6.45) is 1.99. The average molecular weight is 307 g/mol. The van der Waals surface area contributed by atoms with Gasteiger partial charge in [-0.15, -0.1) is 11.6 Å². The van der Waals surface area contributed by atoms with Crippen molar-refractivity contribution in [1.29, 1.82) is 0 Å². The predicted molar refractivity (Wildman–Crippen MR) is 89.1 cm³/mol. The fraction of sp³-hybridized carbons (Fsp3) is 0.333. The summed E-state index contributed by atoms with van der Waals surface area (Å²) in [4.78, 5) is 0. The van der Waals surface area contributed by atoms with Crippen LogP contribution in [0.3, 0.4) is 0 Å². The maximum absolute atomic E-state index is 6.72. The van der Waals surface area contributed by atoms with Crippen LogP contribution in [0.25, 0.3) is 0 Å². The lowest BCUT2D eigenvalue weighted by atomic mass is 9.94. The second-order valence-electron chi connectivity index (χ2n) is 5.13. The van der Waals surface area contributed by atoms with Crippen molar-refractivity contribution in [2.75, 3.05) is 0 Å². The minimum absolute atomic E-state index is 0.190. The Bertz CT molecular complexity index is 602. The number of alkyl halides is 1. The first-order chi connectivity index (χ1) is 9.56. The van der Waals surface area contributed by atoms with Gasteiger partial charge in [0.1, 0.15) is 0 Å². The highest BCUT2D eigenvalue weighted by Crippen LogP contribution is 2.36. The molecule has 106 valence electrons. The Balaban J connectivity index is 2.48. The lowest BCUT2D eigenvalue weighted by Gasteiger charge is -2.17. The molecule has 0 fully saturated rings. The fourth-order valence-corrected chi connectivity index (χ4v) is 3.22. The first-order valence-corrected chi connectivity index (χ1v) is 7.90. The van der Waals surface area contributed by atoms with E-state index < -0.39 is 0 Å². The number of benzene rings is 2. The van der Waals surface area contributed by atoms with Crippen LogP contribution in [0.5, 0.6) is 0 Å². The number of halogens is 2. The van der Waals surface area contributed by atoms with Crippen molar-refractivity contribution in [3.63, 3.8) is 0 Å². The van der Waals surface area contributed by atoms with Gasteiger partial charge in [0.2, 0.25) is 0 Å². The number of hydrogen-bond donors (Lipinski definition) is 0. The van der Waals surface area contributed by atoms with Gasteiger partial charge in [0.15, 0.2) is 0 Å². The summed E-state index contributed by atoms with van der Waals surface area (Å²) < 4.78 is 0. The van der Waals surface area contributed by atoms with Gasteiger partial charge < -0.3 is 0 Å². The molecular weight excluding hydrogens is 287 g/mol. The smallest absolute Gasteiger partial charge is 0.0852 e. The molecule has 0 N–H and O–H groups in total. The van der Waals surface area contributed by atoms with E-state index in [1.165, 1.54) is 16.7 Å². The van der Waals surface area contributed by atoms with Crippen LogP contribution >= 0.6 is 23.2 Å². The van der Waals surface area contributed by atoms with E-state index >= 15 is 0 Å². The average Bonchev–Trinajstić information content (AvgIpc) is 2.46. The van der Waals surface area contributed by atoms with Crippen LogP contribution in [-0.4, -0.2) is 0 Å². The van der Waals surface area contributed by atoms with E-state index in [1.54, 1.807) is 0 Å². The summed E-state index contributed by atoms with van der Waals surface area (Å²) >= 11 is 13.1. The standard InChI is InChI=1S/C18H20Cl2/c1-4-13-7-8-14(5-2)16(11-13)18(20)15-9-6-12(3)10-17(15)19/h6-11,18H,4-5H2,1-3H3. The van der Waals surface area contributed by atoms with Gasteiger partial charge >= 0.3 is 0 Å². The Morgan fingerprint density at radius 3 is 2.30 bits per heavy atom. The maximum Gasteiger partial charge on any atom is 0.0852 e. The molecule has 0 aliphatic heterocycles. The van der Waals surface area contributed by atoms with Crippen LogP contribution in [0.1, 0.15) is 47.0 Å². The SMILES string of the molecule is CCc1ccc(CC)c(C(Cl)c2ccc(C)cc2Cl)c1. The zero-order valence-electron chi connectivity index (χ0n) is 12.2. The summed E-state index contributed by atoms with van der Waals surface area (Å²) in [6.45, 7) is 6.35. The minimum Gasteiger partial charge on any atom is -0.113 e. The molecule has 0 aliphatic rings. The Kier molecular flexibility index (Phi) is 5.12. The van der Waals surface area contributed by atoms with Gasteiger partial charge in [0.05, 0.1) is 5.38 Å². The molecule has 2 rings (SSSR count). The monoisotopic (exact) mass is 306 g/mol. The van der Waals surface area contributed by atoms with Crippen molar-refractivity contribution in [1.82, 2.24) is 0 Å². The van der Waals surface area contributed by atoms with Crippen LogP contribution < -0.4 is 0 Å². The van der Waals surface area contributed by atoms with Crippen molar-refractivity contribution < 1.29 is 0 Å². The van der Waals surface area contributed by atoms with Crippen molar-refractivity contribution >= 4 is 23.2 Å². The summed E-state index contributed by atoms with van der Waals surface area (Å²) in [5.74, 6) is 0. The van der Waals surface area contributed by atoms with Gasteiger partial charge in [0.25, 0.3) is 0 Å². The molecule has 0 bridgehead atoms. The maximum atomic E-state index is 6.72. The van der Waals surface area contributed by atoms with Crippen LogP contribution in [0.15, 0.2) is 36.4 Å². The quantitative estimate of drug-likeness (QED) is 0.598. The van der Waals surface area contributed by atoms with E-state index in [-0.39, 0.29) is 5.38 Å². The van der Waals surface area contributed by atoms with E-state index in [0.717, 1.165) is 29.0 Å². The predicted octanol–water partition coefficient (Wildman–Crippen LogP) is 6.10. The highest BCUT2D eigenvalue weighted by molar-refractivity contribution is 6.33. The zero-order chi connectivity index (χ0) is 14.7. The topological polar surface area (TPSA) is 0 Å². The number of rotatable bonds is 4. The molecule has 0 saturated carbocycles. The van der Waals surface area contributed by atoms with E-state index in [9.17, 15) is 0 Å². The van der Waals surface area contributed by atoms with Crippen molar-refractivity contribution in [2.24, 2.45) is 0 Å². The van der Waals surface area contributed by atoms with E-state index in [2.05, 4.69) is 38.1 Å². The van der Waals surface area contributed by atoms with E-state index in [1.807, 2.05) is 19.1 Å². The Hall–Kier alpha value is -0.980. The lowest BCUT2D eigenvalue weighted by molar-refractivity contribution is 1.02. The lowest BCUT2D eigenvalue weighted by Crippen LogP contribution is -2.01. The largest absolute Gasteiger partial charge is 0.113 e. The molecule has 1 atom stereocenters. The Morgan fingerprint density at radius 1 is 0.950 bits per heavy atom. The van der Waals surface area contributed by atoms with Crippen LogP contribution in [0.4, 0.5) is 0 Å². The van der Waals surface area contributed by atoms with E-state index in [0.29, 0.717) is 0 Å². The molecule has 0 aromatic heterocycles. The number of hydrogen-bond acceptors (Lipinski definition) is 0. The van der Waals surface area contributed by atoms with Crippen molar-refractivity contribution in [3.05, 3.63) is 69.2 Å². The third-order valence-corrected chi connectivity index (χ3v) is 4.50. The summed E-state index contributed by atoms with van der Waals surface area (Å²) in [7, 11) is 0. The summed E-state index contributed by atoms with van der Waals surface area (Å²) in [5, 5.41) is 0.554. The molecule has 0 aliphatic carbocycles. The van der Waals surface area contributed by atoms with Gasteiger partial charge in [-0.3, -0.25) is 0 Å². The van der Waals surface area contributed by atoms with Crippen LogP contribution in [0, 0.1) is 6.92 Å². The van der Waals surface area contributed by atoms with Crippen LogP contribution in [0.2, 0.25) is 5.02 Å². The molecule has 1 unspecified atom stereocenters. The fourth-order valence-electron chi connectivity index (χ4n) is 2.43. The van der Waals surface area contributed by atoms with E-state index in [4.69, 9.17) is 23.2 Å². The molecule has 0 spiro atoms. The van der Waals surface area contributed by atoms with Crippen molar-refractivity contribution in [3.8, 4) is 0 Å². The Morgan fingerprint density at radius 2 is 1.70 bits per heavy atom. The van der Waals surface area contributed by atoms with Gasteiger partial charge in [-0.2, -0.15) is 0 Å². The van der Waals surface area contributed by atoms with Gasteiger partial charge in [0, 0.05) is 5.02 Å². The van der Waals surface area contributed by atoms with Gasteiger partial charge in [-0.25, -0.2) is 0 Å². The number of aryl methyl sites for hydroxylation is 3. The third-order valence-electron chi connectivity index (χ3n) is 3.70. The first kappa shape index (κ1) is 15.4. The molecule has 0 heterocycles. The molecule has 0 radical (unpaired) electrons.